The molecule has 6 rings (SSSR count). The molecule has 3 aliphatic rings. The quantitative estimate of drug-likeness (QED) is 0.419. The second-order valence-electron chi connectivity index (χ2n) is 10.5. The molecule has 0 unspecified atom stereocenters. The van der Waals surface area contributed by atoms with Crippen LogP contribution in [0.25, 0.3) is 0 Å². The molecule has 0 spiro atoms. The van der Waals surface area contributed by atoms with Crippen molar-refractivity contribution in [1.29, 1.82) is 0 Å². The molecule has 2 atom stereocenters. The number of hydrogen-bond acceptors (Lipinski definition) is 5. The smallest absolute Gasteiger partial charge is 0.243 e. The lowest BCUT2D eigenvalue weighted by molar-refractivity contribution is 0.139. The number of halogens is 3. The summed E-state index contributed by atoms with van der Waals surface area (Å²) in [4.78, 5) is 7.26. The highest BCUT2D eigenvalue weighted by Gasteiger charge is 2.42. The second kappa shape index (κ2) is 10.8. The van der Waals surface area contributed by atoms with Gasteiger partial charge in [-0.15, -0.1) is 0 Å². The maximum absolute atomic E-state index is 14.3. The van der Waals surface area contributed by atoms with Gasteiger partial charge in [-0.2, -0.15) is 4.31 Å². The summed E-state index contributed by atoms with van der Waals surface area (Å²) in [7, 11) is -3.53. The molecule has 0 radical (unpaired) electrons. The number of sulfonamides is 1. The summed E-state index contributed by atoms with van der Waals surface area (Å²) in [6.07, 6.45) is 0.922. The van der Waals surface area contributed by atoms with Crippen molar-refractivity contribution in [2.24, 2.45) is 0 Å². The minimum atomic E-state index is -3.53. The first-order valence-corrected chi connectivity index (χ1v) is 15.2. The molecule has 206 valence electrons. The highest BCUT2D eigenvalue weighted by atomic mass is 35.5. The van der Waals surface area contributed by atoms with Gasteiger partial charge in [0, 0.05) is 80.7 Å². The Labute approximate surface area is 233 Å². The van der Waals surface area contributed by atoms with Gasteiger partial charge in [0.2, 0.25) is 10.0 Å². The van der Waals surface area contributed by atoms with Crippen molar-refractivity contribution < 1.29 is 17.2 Å². The van der Waals surface area contributed by atoms with Crippen LogP contribution >= 0.6 is 11.6 Å². The molecule has 3 aromatic rings. The monoisotopic (exact) mass is 572 g/mol. The number of benzene rings is 3. The first-order valence-electron chi connectivity index (χ1n) is 13.3. The molecule has 6 nitrogen and oxygen atoms in total. The fourth-order valence-corrected chi connectivity index (χ4v) is 7.76. The first kappa shape index (κ1) is 26.7. The number of likely N-dealkylation sites (tertiary alicyclic amines) is 1. The van der Waals surface area contributed by atoms with Crippen LogP contribution in [0.4, 0.5) is 20.2 Å². The van der Waals surface area contributed by atoms with Crippen molar-refractivity contribution in [3.05, 3.63) is 89.0 Å². The van der Waals surface area contributed by atoms with Crippen molar-refractivity contribution in [1.82, 2.24) is 14.1 Å². The Morgan fingerprint density at radius 3 is 2.18 bits per heavy atom. The molecule has 0 aromatic heterocycles. The van der Waals surface area contributed by atoms with Crippen LogP contribution in [0, 0.1) is 11.6 Å². The summed E-state index contributed by atoms with van der Waals surface area (Å²) in [5.74, 6) is -0.347. The summed E-state index contributed by atoms with van der Waals surface area (Å²) in [6.45, 7) is 5.73. The van der Waals surface area contributed by atoms with Crippen molar-refractivity contribution in [2.75, 3.05) is 57.3 Å². The summed E-state index contributed by atoms with van der Waals surface area (Å²) in [6, 6.07) is 18.0. The summed E-state index contributed by atoms with van der Waals surface area (Å²) in [5, 5.41) is 0.511. The zero-order valence-electron chi connectivity index (χ0n) is 21.5. The third kappa shape index (κ3) is 5.30. The van der Waals surface area contributed by atoms with Gasteiger partial charge in [-0.05, 0) is 78.7 Å². The van der Waals surface area contributed by atoms with Crippen molar-refractivity contribution in [2.45, 2.75) is 23.3 Å². The Bertz CT molecular complexity index is 1430. The molecule has 2 saturated heterocycles. The molecule has 10 heteroatoms. The second-order valence-corrected chi connectivity index (χ2v) is 12.9. The molecule has 0 amide bonds. The predicted octanol–water partition coefficient (Wildman–Crippen LogP) is 4.93. The van der Waals surface area contributed by atoms with E-state index in [4.69, 9.17) is 11.6 Å². The molecule has 3 heterocycles. The van der Waals surface area contributed by atoms with E-state index in [1.807, 2.05) is 6.07 Å². The number of fused-ring (bicyclic) bond motifs is 3. The SMILES string of the molecule is O=S(=O)(c1ccc(Cl)cc1)N1CCN(CCN2CC[C@@H]3[C@@H](C2)c2cc(F)ccc2N3c2ccc(F)cc2)CC1. The maximum atomic E-state index is 14.3. The Morgan fingerprint density at radius 1 is 0.795 bits per heavy atom. The van der Waals surface area contributed by atoms with E-state index in [0.717, 1.165) is 49.5 Å². The van der Waals surface area contributed by atoms with Crippen LogP contribution in [-0.4, -0.2) is 80.9 Å². The zero-order valence-corrected chi connectivity index (χ0v) is 23.1. The van der Waals surface area contributed by atoms with E-state index in [1.165, 1.54) is 18.2 Å². The topological polar surface area (TPSA) is 47.1 Å². The van der Waals surface area contributed by atoms with Crippen LogP contribution in [0.5, 0.6) is 0 Å². The van der Waals surface area contributed by atoms with Gasteiger partial charge in [-0.3, -0.25) is 4.90 Å². The average molecular weight is 573 g/mol. The maximum Gasteiger partial charge on any atom is 0.243 e. The van der Waals surface area contributed by atoms with E-state index in [9.17, 15) is 17.2 Å². The van der Waals surface area contributed by atoms with Gasteiger partial charge in [0.25, 0.3) is 0 Å². The molecule has 0 aliphatic carbocycles. The van der Waals surface area contributed by atoms with E-state index in [1.54, 1.807) is 46.8 Å². The molecule has 2 fully saturated rings. The van der Waals surface area contributed by atoms with E-state index in [-0.39, 0.29) is 28.5 Å². The molecule has 3 aliphatic heterocycles. The lowest BCUT2D eigenvalue weighted by Gasteiger charge is -2.40. The minimum absolute atomic E-state index is 0.163. The number of anilines is 2. The number of rotatable bonds is 6. The van der Waals surface area contributed by atoms with Crippen LogP contribution in [0.3, 0.4) is 0 Å². The number of piperazine rings is 1. The Morgan fingerprint density at radius 2 is 1.46 bits per heavy atom. The lowest BCUT2D eigenvalue weighted by atomic mass is 9.89. The van der Waals surface area contributed by atoms with E-state index >= 15 is 0 Å². The molecular formula is C29H31ClF2N4O2S. The first-order chi connectivity index (χ1) is 18.8. The minimum Gasteiger partial charge on any atom is -0.337 e. The molecule has 39 heavy (non-hydrogen) atoms. The molecule has 3 aromatic carbocycles. The molecule has 0 saturated carbocycles. The van der Waals surface area contributed by atoms with Gasteiger partial charge in [-0.1, -0.05) is 11.6 Å². The Balaban J connectivity index is 1.08. The summed E-state index contributed by atoms with van der Waals surface area (Å²) < 4.78 is 55.4. The van der Waals surface area contributed by atoms with Crippen LogP contribution < -0.4 is 4.90 Å². The van der Waals surface area contributed by atoms with Gasteiger partial charge in [0.05, 0.1) is 4.90 Å². The van der Waals surface area contributed by atoms with Crippen LogP contribution in [-0.2, 0) is 10.0 Å². The van der Waals surface area contributed by atoms with Crippen molar-refractivity contribution in [3.8, 4) is 0 Å². The highest BCUT2D eigenvalue weighted by molar-refractivity contribution is 7.89. The Kier molecular flexibility index (Phi) is 7.37. The van der Waals surface area contributed by atoms with Gasteiger partial charge in [0.1, 0.15) is 11.6 Å². The van der Waals surface area contributed by atoms with Gasteiger partial charge in [0.15, 0.2) is 0 Å². The predicted molar refractivity (Wildman–Crippen MR) is 149 cm³/mol. The van der Waals surface area contributed by atoms with Crippen LogP contribution in [0.2, 0.25) is 5.02 Å². The number of piperidine rings is 1. The van der Waals surface area contributed by atoms with E-state index < -0.39 is 10.0 Å². The van der Waals surface area contributed by atoms with Crippen LogP contribution in [0.15, 0.2) is 71.6 Å². The fourth-order valence-electron chi connectivity index (χ4n) is 6.21. The lowest BCUT2D eigenvalue weighted by Crippen LogP contribution is -2.51. The van der Waals surface area contributed by atoms with Crippen molar-refractivity contribution >= 4 is 33.0 Å². The summed E-state index contributed by atoms with van der Waals surface area (Å²) >= 11 is 5.92. The van der Waals surface area contributed by atoms with Crippen LogP contribution in [0.1, 0.15) is 17.9 Å². The van der Waals surface area contributed by atoms with Crippen molar-refractivity contribution in [3.63, 3.8) is 0 Å². The average Bonchev–Trinajstić information content (AvgIpc) is 3.25. The molecular weight excluding hydrogens is 542 g/mol. The molecule has 0 N–H and O–H groups in total. The highest BCUT2D eigenvalue weighted by Crippen LogP contribution is 2.48. The zero-order chi connectivity index (χ0) is 27.1. The molecule has 0 bridgehead atoms. The van der Waals surface area contributed by atoms with Gasteiger partial charge in [-0.25, -0.2) is 17.2 Å². The summed E-state index contributed by atoms with van der Waals surface area (Å²) in [5.41, 5.74) is 2.93. The van der Waals surface area contributed by atoms with Gasteiger partial charge < -0.3 is 9.80 Å². The number of nitrogens with zero attached hydrogens (tertiary/aromatic N) is 4. The largest absolute Gasteiger partial charge is 0.337 e. The van der Waals surface area contributed by atoms with E-state index in [2.05, 4.69) is 14.7 Å². The standard InChI is InChI=1S/C29H31ClF2N4O2S/c30-21-1-8-25(9-2-21)39(37,38)35-17-15-33(16-18-35)13-14-34-12-11-29-27(20-34)26-19-23(32)5-10-28(26)36(29)24-6-3-22(31)4-7-24/h1-10,19,27,29H,11-18,20H2/t27-,29+/m0/s1. The number of hydrogen-bond donors (Lipinski definition) is 0. The Hall–Kier alpha value is -2.56. The van der Waals surface area contributed by atoms with E-state index in [0.29, 0.717) is 31.2 Å². The normalized spacial score (nSPS) is 22.6. The van der Waals surface area contributed by atoms with Gasteiger partial charge >= 0.3 is 0 Å². The third-order valence-electron chi connectivity index (χ3n) is 8.26. The third-order valence-corrected chi connectivity index (χ3v) is 10.4. The fraction of sp³-hybridized carbons (Fsp3) is 0.379.